The lowest BCUT2D eigenvalue weighted by atomic mass is 10.2. The van der Waals surface area contributed by atoms with E-state index in [2.05, 4.69) is 15.8 Å². The van der Waals surface area contributed by atoms with Gasteiger partial charge in [-0.25, -0.2) is 8.93 Å². The van der Waals surface area contributed by atoms with Crippen LogP contribution in [0.2, 0.25) is 0 Å². The van der Waals surface area contributed by atoms with Gasteiger partial charge in [0.05, 0.1) is 15.7 Å². The number of aromatic nitrogens is 1. The normalized spacial score (nSPS) is 21.8. The summed E-state index contributed by atoms with van der Waals surface area (Å²) >= 11 is 0. The summed E-state index contributed by atoms with van der Waals surface area (Å²) in [6.45, 7) is 5.94. The maximum Gasteiger partial charge on any atom is 0.0975 e. The first-order valence-corrected chi connectivity index (χ1v) is 6.75. The number of nitrogens with zero attached hydrogens (tertiary/aromatic N) is 1. The molecule has 0 aromatic carbocycles. The third-order valence-electron chi connectivity index (χ3n) is 2.78. The maximum atomic E-state index is 12.0. The molecular weight excluding hydrogens is 220 g/mol. The van der Waals surface area contributed by atoms with Crippen molar-refractivity contribution in [3.05, 3.63) is 29.6 Å². The van der Waals surface area contributed by atoms with Crippen LogP contribution in [-0.2, 0) is 17.4 Å². The molecule has 3 nitrogen and oxygen atoms in total. The van der Waals surface area contributed by atoms with E-state index >= 15 is 0 Å². The van der Waals surface area contributed by atoms with Crippen LogP contribution in [-0.4, -0.2) is 13.9 Å². The quantitative estimate of drug-likeness (QED) is 0.857. The van der Waals surface area contributed by atoms with Gasteiger partial charge >= 0.3 is 0 Å². The molecule has 1 aliphatic carbocycles. The van der Waals surface area contributed by atoms with Crippen molar-refractivity contribution in [2.45, 2.75) is 44.4 Å². The van der Waals surface area contributed by atoms with Crippen molar-refractivity contribution in [3.63, 3.8) is 0 Å². The van der Waals surface area contributed by atoms with Crippen LogP contribution in [0.3, 0.4) is 0 Å². The smallest absolute Gasteiger partial charge is 0.0975 e. The van der Waals surface area contributed by atoms with Crippen molar-refractivity contribution >= 4 is 11.0 Å². The molecule has 1 aromatic heterocycles. The highest BCUT2D eigenvalue weighted by atomic mass is 32.2. The van der Waals surface area contributed by atoms with Crippen molar-refractivity contribution in [3.8, 4) is 0 Å². The SMILES string of the molecule is CC(C)(C)[S@](=O)N[C@H]1CCc2ncccc21. The largest absolute Gasteiger partial charge is 0.261 e. The van der Waals surface area contributed by atoms with E-state index in [9.17, 15) is 4.21 Å². The van der Waals surface area contributed by atoms with E-state index in [-0.39, 0.29) is 10.8 Å². The van der Waals surface area contributed by atoms with E-state index in [1.807, 2.05) is 33.0 Å². The van der Waals surface area contributed by atoms with Crippen LogP contribution in [0.25, 0.3) is 0 Å². The van der Waals surface area contributed by atoms with Crippen molar-refractivity contribution in [2.24, 2.45) is 0 Å². The van der Waals surface area contributed by atoms with Crippen molar-refractivity contribution in [1.82, 2.24) is 9.71 Å². The highest BCUT2D eigenvalue weighted by Gasteiger charge is 2.28. The molecule has 0 saturated carbocycles. The van der Waals surface area contributed by atoms with Crippen LogP contribution < -0.4 is 4.72 Å². The molecule has 4 heteroatoms. The summed E-state index contributed by atoms with van der Waals surface area (Å²) in [4.78, 5) is 4.34. The number of nitrogens with one attached hydrogen (secondary N) is 1. The zero-order chi connectivity index (χ0) is 11.8. The van der Waals surface area contributed by atoms with Crippen LogP contribution >= 0.6 is 0 Å². The van der Waals surface area contributed by atoms with E-state index in [4.69, 9.17) is 0 Å². The van der Waals surface area contributed by atoms with Gasteiger partial charge in [-0.1, -0.05) is 6.07 Å². The van der Waals surface area contributed by atoms with Crippen molar-refractivity contribution in [2.75, 3.05) is 0 Å². The van der Waals surface area contributed by atoms with Gasteiger partial charge in [-0.3, -0.25) is 4.98 Å². The molecule has 0 saturated heterocycles. The predicted molar refractivity (Wildman–Crippen MR) is 66.3 cm³/mol. The van der Waals surface area contributed by atoms with Gasteiger partial charge in [0.25, 0.3) is 0 Å². The minimum atomic E-state index is -1.01. The Balaban J connectivity index is 2.12. The van der Waals surface area contributed by atoms with E-state index in [0.717, 1.165) is 18.5 Å². The third kappa shape index (κ3) is 2.33. The minimum Gasteiger partial charge on any atom is -0.261 e. The zero-order valence-corrected chi connectivity index (χ0v) is 10.8. The highest BCUT2D eigenvalue weighted by Crippen LogP contribution is 2.30. The van der Waals surface area contributed by atoms with Crippen LogP contribution in [0, 0.1) is 0 Å². The average Bonchev–Trinajstić information content (AvgIpc) is 2.61. The fourth-order valence-corrected chi connectivity index (χ4v) is 2.70. The van der Waals surface area contributed by atoms with Gasteiger partial charge in [0, 0.05) is 17.9 Å². The van der Waals surface area contributed by atoms with Gasteiger partial charge in [0.15, 0.2) is 0 Å². The summed E-state index contributed by atoms with van der Waals surface area (Å²) in [5.74, 6) is 0. The summed E-state index contributed by atoms with van der Waals surface area (Å²) in [5, 5.41) is 0. The monoisotopic (exact) mass is 238 g/mol. The first-order chi connectivity index (χ1) is 7.48. The number of hydrogen-bond donors (Lipinski definition) is 1. The molecule has 88 valence electrons. The fraction of sp³-hybridized carbons (Fsp3) is 0.583. The Morgan fingerprint density at radius 3 is 2.94 bits per heavy atom. The molecule has 0 fully saturated rings. The predicted octanol–water partition coefficient (Wildman–Crippen LogP) is 2.12. The number of hydrogen-bond acceptors (Lipinski definition) is 2. The summed E-state index contributed by atoms with van der Waals surface area (Å²) in [5.41, 5.74) is 2.35. The average molecular weight is 238 g/mol. The van der Waals surface area contributed by atoms with E-state index in [1.54, 1.807) is 0 Å². The second-order valence-electron chi connectivity index (χ2n) is 5.13. The molecule has 2 rings (SSSR count). The fourth-order valence-electron chi connectivity index (χ4n) is 1.84. The topological polar surface area (TPSA) is 42.0 Å². The van der Waals surface area contributed by atoms with Gasteiger partial charge in [0.1, 0.15) is 0 Å². The van der Waals surface area contributed by atoms with E-state index in [1.165, 1.54) is 5.56 Å². The Hall–Kier alpha value is -0.740. The van der Waals surface area contributed by atoms with E-state index in [0.29, 0.717) is 0 Å². The summed E-state index contributed by atoms with van der Waals surface area (Å²) < 4.78 is 15.0. The molecule has 0 bridgehead atoms. The number of aryl methyl sites for hydroxylation is 1. The van der Waals surface area contributed by atoms with Crippen LogP contribution in [0.5, 0.6) is 0 Å². The van der Waals surface area contributed by atoms with Crippen molar-refractivity contribution in [1.29, 1.82) is 0 Å². The lowest BCUT2D eigenvalue weighted by Crippen LogP contribution is -2.35. The van der Waals surface area contributed by atoms with Gasteiger partial charge in [-0.15, -0.1) is 0 Å². The molecular formula is C12H18N2OS. The van der Waals surface area contributed by atoms with Crippen molar-refractivity contribution < 1.29 is 4.21 Å². The van der Waals surface area contributed by atoms with Gasteiger partial charge < -0.3 is 0 Å². The molecule has 16 heavy (non-hydrogen) atoms. The summed E-state index contributed by atoms with van der Waals surface area (Å²) in [7, 11) is -1.01. The second-order valence-corrected chi connectivity index (χ2v) is 7.13. The lowest BCUT2D eigenvalue weighted by Gasteiger charge is -2.21. The molecule has 0 unspecified atom stereocenters. The van der Waals surface area contributed by atoms with Crippen LogP contribution in [0.1, 0.15) is 44.5 Å². The van der Waals surface area contributed by atoms with Gasteiger partial charge in [0.2, 0.25) is 0 Å². The molecule has 1 aliphatic rings. The molecule has 0 radical (unpaired) electrons. The number of fused-ring (bicyclic) bond motifs is 1. The van der Waals surface area contributed by atoms with Crippen LogP contribution in [0.4, 0.5) is 0 Å². The molecule has 1 N–H and O–H groups in total. The Bertz CT molecular complexity index is 412. The van der Waals surface area contributed by atoms with Crippen LogP contribution in [0.15, 0.2) is 18.3 Å². The number of rotatable bonds is 2. The van der Waals surface area contributed by atoms with E-state index < -0.39 is 11.0 Å². The van der Waals surface area contributed by atoms with Gasteiger partial charge in [-0.2, -0.15) is 0 Å². The Morgan fingerprint density at radius 1 is 1.50 bits per heavy atom. The summed E-state index contributed by atoms with van der Waals surface area (Å²) in [6, 6.07) is 4.22. The Kier molecular flexibility index (Phi) is 3.13. The lowest BCUT2D eigenvalue weighted by molar-refractivity contribution is 0.596. The maximum absolute atomic E-state index is 12.0. The summed E-state index contributed by atoms with van der Waals surface area (Å²) in [6.07, 6.45) is 3.80. The standard InChI is InChI=1S/C12H18N2OS/c1-12(2,3)16(15)14-11-7-6-10-9(11)5-4-8-13-10/h4-5,8,11,14H,6-7H2,1-3H3/t11-,16-/m0/s1. The number of pyridine rings is 1. The highest BCUT2D eigenvalue weighted by molar-refractivity contribution is 7.84. The molecule has 1 aromatic rings. The minimum absolute atomic E-state index is 0.198. The molecule has 0 spiro atoms. The second kappa shape index (κ2) is 4.26. The third-order valence-corrected chi connectivity index (χ3v) is 4.39. The molecule has 0 aliphatic heterocycles. The Morgan fingerprint density at radius 2 is 2.25 bits per heavy atom. The Labute approximate surface area is 99.3 Å². The first-order valence-electron chi connectivity index (χ1n) is 5.60. The molecule has 2 atom stereocenters. The zero-order valence-electron chi connectivity index (χ0n) is 9.99. The molecule has 1 heterocycles. The molecule has 0 amide bonds. The first kappa shape index (κ1) is 11.7. The van der Waals surface area contributed by atoms with Gasteiger partial charge in [-0.05, 0) is 45.2 Å².